The van der Waals surface area contributed by atoms with Crippen molar-refractivity contribution in [3.63, 3.8) is 0 Å². The summed E-state index contributed by atoms with van der Waals surface area (Å²) in [6, 6.07) is 0.723. The van der Waals surface area contributed by atoms with Crippen LogP contribution < -0.4 is 10.6 Å². The van der Waals surface area contributed by atoms with Crippen molar-refractivity contribution < 1.29 is 9.53 Å². The zero-order valence-electron chi connectivity index (χ0n) is 18.1. The molecule has 0 aliphatic heterocycles. The number of hydrogen-bond acceptors (Lipinski definition) is 4. The Bertz CT molecular complexity index is 491. The topological polar surface area (TPSA) is 69.2 Å². The Kier molecular flexibility index (Phi) is 11.7. The molecule has 0 bridgehead atoms. The van der Waals surface area contributed by atoms with Gasteiger partial charge in [-0.1, -0.05) is 12.8 Å². The molecule has 2 rings (SSSR count). The Morgan fingerprint density at radius 2 is 1.86 bits per heavy atom. The van der Waals surface area contributed by atoms with E-state index in [2.05, 4.69) is 22.5 Å². The second-order valence-electron chi connectivity index (χ2n) is 8.07. The maximum absolute atomic E-state index is 12.7. The number of rotatable bonds is 11. The van der Waals surface area contributed by atoms with E-state index in [-0.39, 0.29) is 35.3 Å². The van der Waals surface area contributed by atoms with Crippen molar-refractivity contribution >= 4 is 35.8 Å². The average Bonchev–Trinajstić information content (AvgIpc) is 3.39. The molecule has 0 aromatic rings. The molecule has 2 aliphatic rings. The fourth-order valence-electron chi connectivity index (χ4n) is 3.98. The lowest BCUT2D eigenvalue weighted by molar-refractivity contribution is -0.138. The molecular formula is C20H40IN5O2. The first-order chi connectivity index (χ1) is 13.0. The van der Waals surface area contributed by atoms with Gasteiger partial charge >= 0.3 is 0 Å². The molecule has 0 radical (unpaired) electrons. The number of ether oxygens (including phenoxy) is 1. The number of nitrogens with zero attached hydrogens (tertiary/aromatic N) is 3. The lowest BCUT2D eigenvalue weighted by Crippen LogP contribution is -2.45. The molecule has 0 saturated heterocycles. The van der Waals surface area contributed by atoms with E-state index in [4.69, 9.17) is 9.73 Å². The molecule has 7 nitrogen and oxygen atoms in total. The van der Waals surface area contributed by atoms with Crippen LogP contribution in [0.25, 0.3) is 0 Å². The molecule has 164 valence electrons. The standard InChI is InChI=1S/C20H39N5O2.HI/c1-5-21-19(22-12-13-25(14-15-27-4)17-8-9-17)23-16-20(10-6-7-11-20)18(26)24(2)3;/h17H,5-16H2,1-4H3,(H2,21,22,23);1H. The number of carbonyl (C=O) groups excluding carboxylic acids is 1. The lowest BCUT2D eigenvalue weighted by Gasteiger charge is -2.29. The molecule has 2 saturated carbocycles. The van der Waals surface area contributed by atoms with Crippen LogP contribution in [0.4, 0.5) is 0 Å². The van der Waals surface area contributed by atoms with E-state index in [1.54, 1.807) is 12.0 Å². The predicted octanol–water partition coefficient (Wildman–Crippen LogP) is 1.92. The maximum atomic E-state index is 12.7. The highest BCUT2D eigenvalue weighted by Gasteiger charge is 2.42. The van der Waals surface area contributed by atoms with Gasteiger partial charge in [-0.2, -0.15) is 0 Å². The predicted molar refractivity (Wildman–Crippen MR) is 125 cm³/mol. The number of nitrogens with one attached hydrogen (secondary N) is 2. The Morgan fingerprint density at radius 1 is 1.18 bits per heavy atom. The van der Waals surface area contributed by atoms with E-state index in [1.807, 2.05) is 14.1 Å². The number of amides is 1. The van der Waals surface area contributed by atoms with Gasteiger partial charge in [-0.3, -0.25) is 14.7 Å². The molecule has 8 heteroatoms. The van der Waals surface area contributed by atoms with E-state index >= 15 is 0 Å². The van der Waals surface area contributed by atoms with Crippen molar-refractivity contribution in [2.75, 3.05) is 60.5 Å². The van der Waals surface area contributed by atoms with Crippen molar-refractivity contribution in [3.8, 4) is 0 Å². The number of carbonyl (C=O) groups is 1. The highest BCUT2D eigenvalue weighted by atomic mass is 127. The summed E-state index contributed by atoms with van der Waals surface area (Å²) in [5.41, 5.74) is -0.315. The molecule has 0 aromatic carbocycles. The van der Waals surface area contributed by atoms with Crippen molar-refractivity contribution in [1.29, 1.82) is 0 Å². The Morgan fingerprint density at radius 3 is 2.39 bits per heavy atom. The first-order valence-corrected chi connectivity index (χ1v) is 10.5. The normalized spacial score (nSPS) is 18.7. The number of aliphatic imine (C=N–C) groups is 1. The van der Waals surface area contributed by atoms with Gasteiger partial charge in [0.05, 0.1) is 18.6 Å². The molecule has 0 aromatic heterocycles. The van der Waals surface area contributed by atoms with E-state index in [1.165, 1.54) is 12.8 Å². The molecule has 0 atom stereocenters. The van der Waals surface area contributed by atoms with Gasteiger partial charge in [0, 0.05) is 53.4 Å². The number of methoxy groups -OCH3 is 1. The van der Waals surface area contributed by atoms with Crippen LogP contribution >= 0.6 is 24.0 Å². The van der Waals surface area contributed by atoms with Crippen LogP contribution in [-0.4, -0.2) is 88.2 Å². The fourth-order valence-corrected chi connectivity index (χ4v) is 3.98. The minimum atomic E-state index is -0.315. The lowest BCUT2D eigenvalue weighted by atomic mass is 9.85. The molecule has 2 N–H and O–H groups in total. The summed E-state index contributed by atoms with van der Waals surface area (Å²) < 4.78 is 5.23. The number of hydrogen-bond donors (Lipinski definition) is 2. The summed E-state index contributed by atoms with van der Waals surface area (Å²) in [7, 11) is 5.46. The summed E-state index contributed by atoms with van der Waals surface area (Å²) in [5, 5.41) is 6.78. The third-order valence-corrected chi connectivity index (χ3v) is 5.64. The van der Waals surface area contributed by atoms with Gasteiger partial charge in [0.1, 0.15) is 0 Å². The van der Waals surface area contributed by atoms with Crippen LogP contribution in [0.5, 0.6) is 0 Å². The van der Waals surface area contributed by atoms with E-state index in [0.29, 0.717) is 6.54 Å². The Labute approximate surface area is 188 Å². The van der Waals surface area contributed by atoms with Gasteiger partial charge in [0.25, 0.3) is 0 Å². The summed E-state index contributed by atoms with van der Waals surface area (Å²) in [5.74, 6) is 1.04. The fraction of sp³-hybridized carbons (Fsp3) is 0.900. The number of guanidine groups is 1. The summed E-state index contributed by atoms with van der Waals surface area (Å²) in [6.45, 7) is 7.05. The summed E-state index contributed by atoms with van der Waals surface area (Å²) >= 11 is 0. The third-order valence-electron chi connectivity index (χ3n) is 5.64. The summed E-state index contributed by atoms with van der Waals surface area (Å²) in [4.78, 5) is 21.7. The van der Waals surface area contributed by atoms with Crippen molar-refractivity contribution in [2.24, 2.45) is 10.4 Å². The average molecular weight is 509 g/mol. The van der Waals surface area contributed by atoms with E-state index in [0.717, 1.165) is 70.5 Å². The van der Waals surface area contributed by atoms with Crippen molar-refractivity contribution in [3.05, 3.63) is 0 Å². The smallest absolute Gasteiger partial charge is 0.230 e. The zero-order valence-corrected chi connectivity index (χ0v) is 20.5. The first kappa shape index (κ1) is 25.4. The summed E-state index contributed by atoms with van der Waals surface area (Å²) in [6.07, 6.45) is 6.72. The van der Waals surface area contributed by atoms with Crippen molar-refractivity contribution in [1.82, 2.24) is 20.4 Å². The monoisotopic (exact) mass is 509 g/mol. The maximum Gasteiger partial charge on any atom is 0.230 e. The largest absolute Gasteiger partial charge is 0.383 e. The molecule has 0 spiro atoms. The highest BCUT2D eigenvalue weighted by molar-refractivity contribution is 14.0. The SMILES string of the molecule is CCNC(=NCC1(C(=O)N(C)C)CCCC1)NCCN(CCOC)C1CC1.I. The second-order valence-corrected chi connectivity index (χ2v) is 8.07. The second kappa shape index (κ2) is 12.8. The van der Waals surface area contributed by atoms with Crippen molar-refractivity contribution in [2.45, 2.75) is 51.5 Å². The molecule has 0 unspecified atom stereocenters. The minimum Gasteiger partial charge on any atom is -0.383 e. The van der Waals surface area contributed by atoms with Gasteiger partial charge in [0.15, 0.2) is 5.96 Å². The van der Waals surface area contributed by atoms with Crippen LogP contribution in [-0.2, 0) is 9.53 Å². The molecule has 0 heterocycles. The Hall–Kier alpha value is -0.610. The van der Waals surface area contributed by atoms with Crippen LogP contribution in [0, 0.1) is 5.41 Å². The van der Waals surface area contributed by atoms with Gasteiger partial charge < -0.3 is 20.3 Å². The van der Waals surface area contributed by atoms with E-state index in [9.17, 15) is 4.79 Å². The molecular weight excluding hydrogens is 469 g/mol. The van der Waals surface area contributed by atoms with Gasteiger partial charge in [0.2, 0.25) is 5.91 Å². The van der Waals surface area contributed by atoms with Crippen LogP contribution in [0.2, 0.25) is 0 Å². The minimum absolute atomic E-state index is 0. The van der Waals surface area contributed by atoms with Gasteiger partial charge in [-0.25, -0.2) is 0 Å². The molecule has 28 heavy (non-hydrogen) atoms. The van der Waals surface area contributed by atoms with Crippen LogP contribution in [0.15, 0.2) is 4.99 Å². The van der Waals surface area contributed by atoms with E-state index < -0.39 is 0 Å². The van der Waals surface area contributed by atoms with Crippen LogP contribution in [0.1, 0.15) is 45.4 Å². The zero-order chi connectivity index (χ0) is 19.7. The van der Waals surface area contributed by atoms with Gasteiger partial charge in [-0.05, 0) is 32.6 Å². The third kappa shape index (κ3) is 7.67. The highest BCUT2D eigenvalue weighted by Crippen LogP contribution is 2.39. The van der Waals surface area contributed by atoms with Gasteiger partial charge in [-0.15, -0.1) is 24.0 Å². The van der Waals surface area contributed by atoms with Crippen LogP contribution in [0.3, 0.4) is 0 Å². The number of halogens is 1. The molecule has 2 aliphatic carbocycles. The quantitative estimate of drug-likeness (QED) is 0.253. The molecule has 2 fully saturated rings. The first-order valence-electron chi connectivity index (χ1n) is 10.5. The molecule has 1 amide bonds. The Balaban J connectivity index is 0.00000392.